The predicted molar refractivity (Wildman–Crippen MR) is 70.6 cm³/mol. The maximum Gasteiger partial charge on any atom is 0.160 e. The molecule has 2 N–H and O–H groups in total. The van der Waals surface area contributed by atoms with Crippen molar-refractivity contribution in [3.63, 3.8) is 0 Å². The maximum absolute atomic E-state index is 5.99. The summed E-state index contributed by atoms with van der Waals surface area (Å²) in [6, 6.07) is 0. The number of anilines is 1. The van der Waals surface area contributed by atoms with E-state index in [-0.39, 0.29) is 6.10 Å². The molecule has 2 heterocycles. The smallest absolute Gasteiger partial charge is 0.160 e. The predicted octanol–water partition coefficient (Wildman–Crippen LogP) is 2.54. The second-order valence-corrected chi connectivity index (χ2v) is 5.49. The number of hydrogen-bond donors (Lipinski definition) is 1. The summed E-state index contributed by atoms with van der Waals surface area (Å²) >= 11 is 1.84. The van der Waals surface area contributed by atoms with Crippen molar-refractivity contribution in [2.45, 2.75) is 38.4 Å². The van der Waals surface area contributed by atoms with Crippen molar-refractivity contribution in [1.82, 2.24) is 9.97 Å². The van der Waals surface area contributed by atoms with Crippen LogP contribution in [0.25, 0.3) is 0 Å². The molecule has 1 unspecified atom stereocenters. The van der Waals surface area contributed by atoms with Crippen LogP contribution in [-0.2, 0) is 16.2 Å². The van der Waals surface area contributed by atoms with Crippen molar-refractivity contribution in [3.05, 3.63) is 17.1 Å². The van der Waals surface area contributed by atoms with Crippen molar-refractivity contribution in [3.8, 4) is 0 Å². The van der Waals surface area contributed by atoms with Crippen molar-refractivity contribution < 1.29 is 4.74 Å². The molecule has 0 bridgehead atoms. The van der Waals surface area contributed by atoms with Crippen LogP contribution in [0.4, 0.5) is 5.82 Å². The fraction of sp³-hybridized carbons (Fsp3) is 0.667. The number of nitrogens with zero attached hydrogens (tertiary/aromatic N) is 2. The lowest BCUT2D eigenvalue weighted by molar-refractivity contribution is 0.0232. The number of ether oxygens (including phenoxy) is 1. The number of rotatable bonds is 4. The van der Waals surface area contributed by atoms with Gasteiger partial charge in [-0.15, -0.1) is 0 Å². The van der Waals surface area contributed by atoms with Gasteiger partial charge in [0.25, 0.3) is 0 Å². The lowest BCUT2D eigenvalue weighted by atomic mass is 10.1. The quantitative estimate of drug-likeness (QED) is 0.893. The molecule has 2 rings (SSSR count). The van der Waals surface area contributed by atoms with E-state index < -0.39 is 0 Å². The van der Waals surface area contributed by atoms with Gasteiger partial charge in [-0.25, -0.2) is 9.97 Å². The van der Waals surface area contributed by atoms with Crippen LogP contribution in [0.3, 0.4) is 0 Å². The van der Waals surface area contributed by atoms with Crippen LogP contribution < -0.4 is 5.73 Å². The number of nitrogens with two attached hydrogens (primary N) is 1. The summed E-state index contributed by atoms with van der Waals surface area (Å²) < 4.78 is 5.72. The fourth-order valence-electron chi connectivity index (χ4n) is 1.97. The summed E-state index contributed by atoms with van der Waals surface area (Å²) in [5, 5.41) is 0. The monoisotopic (exact) mass is 253 g/mol. The van der Waals surface area contributed by atoms with Crippen molar-refractivity contribution in [1.29, 1.82) is 0 Å². The molecule has 0 saturated carbocycles. The van der Waals surface area contributed by atoms with E-state index in [0.717, 1.165) is 28.6 Å². The van der Waals surface area contributed by atoms with E-state index >= 15 is 0 Å². The molecule has 0 spiro atoms. The van der Waals surface area contributed by atoms with Crippen LogP contribution in [0.1, 0.15) is 44.0 Å². The van der Waals surface area contributed by atoms with Gasteiger partial charge in [-0.3, -0.25) is 0 Å². The molecule has 5 heteroatoms. The lowest BCUT2D eigenvalue weighted by Gasteiger charge is -2.20. The van der Waals surface area contributed by atoms with Gasteiger partial charge in [-0.2, -0.15) is 11.8 Å². The highest BCUT2D eigenvalue weighted by molar-refractivity contribution is 7.98. The van der Waals surface area contributed by atoms with Crippen molar-refractivity contribution >= 4 is 17.6 Å². The van der Waals surface area contributed by atoms with E-state index in [1.165, 1.54) is 0 Å². The van der Waals surface area contributed by atoms with Gasteiger partial charge in [0, 0.05) is 23.7 Å². The molecule has 0 aliphatic carbocycles. The minimum atomic E-state index is -0.0572. The lowest BCUT2D eigenvalue weighted by Crippen LogP contribution is -2.17. The Labute approximate surface area is 106 Å². The average Bonchev–Trinajstić information content (AvgIpc) is 2.73. The van der Waals surface area contributed by atoms with Gasteiger partial charge in [-0.1, -0.05) is 13.8 Å². The largest absolute Gasteiger partial charge is 0.383 e. The minimum Gasteiger partial charge on any atom is -0.383 e. The number of hydrogen-bond acceptors (Lipinski definition) is 5. The third kappa shape index (κ3) is 2.55. The Morgan fingerprint density at radius 1 is 1.35 bits per heavy atom. The first-order valence-electron chi connectivity index (χ1n) is 5.98. The zero-order valence-corrected chi connectivity index (χ0v) is 11.4. The Morgan fingerprint density at radius 3 is 2.76 bits per heavy atom. The molecular formula is C12H19N3OS. The summed E-state index contributed by atoms with van der Waals surface area (Å²) in [4.78, 5) is 9.03. The second kappa shape index (κ2) is 5.23. The molecule has 0 fully saturated rings. The van der Waals surface area contributed by atoms with Gasteiger partial charge in [-0.05, 0) is 12.8 Å². The Hall–Kier alpha value is -0.810. The zero-order chi connectivity index (χ0) is 12.4. The number of thioether (sulfide) groups is 1. The molecule has 1 aromatic heterocycles. The highest BCUT2D eigenvalue weighted by Gasteiger charge is 2.24. The highest BCUT2D eigenvalue weighted by atomic mass is 32.2. The SMILES string of the molecule is CCOC(c1nc(N)c2c(n1)CSC2)C(C)C. The van der Waals surface area contributed by atoms with Crippen LogP contribution >= 0.6 is 11.8 Å². The molecule has 17 heavy (non-hydrogen) atoms. The summed E-state index contributed by atoms with van der Waals surface area (Å²) in [6.45, 7) is 6.88. The average molecular weight is 253 g/mol. The summed E-state index contributed by atoms with van der Waals surface area (Å²) in [7, 11) is 0. The number of nitrogen functional groups attached to an aromatic ring is 1. The third-order valence-electron chi connectivity index (χ3n) is 2.83. The van der Waals surface area contributed by atoms with Gasteiger partial charge >= 0.3 is 0 Å². The van der Waals surface area contributed by atoms with E-state index in [9.17, 15) is 0 Å². The molecule has 0 radical (unpaired) electrons. The Bertz CT molecular complexity index is 409. The van der Waals surface area contributed by atoms with Gasteiger partial charge in [0.15, 0.2) is 5.82 Å². The van der Waals surface area contributed by atoms with E-state index in [4.69, 9.17) is 10.5 Å². The summed E-state index contributed by atoms with van der Waals surface area (Å²) in [5.74, 6) is 3.58. The van der Waals surface area contributed by atoms with Gasteiger partial charge in [0.2, 0.25) is 0 Å². The first-order chi connectivity index (χ1) is 8.13. The van der Waals surface area contributed by atoms with Crippen LogP contribution in [0.2, 0.25) is 0 Å². The molecule has 0 aromatic carbocycles. The first-order valence-corrected chi connectivity index (χ1v) is 7.13. The Kier molecular flexibility index (Phi) is 3.89. The summed E-state index contributed by atoms with van der Waals surface area (Å²) in [5.41, 5.74) is 8.18. The van der Waals surface area contributed by atoms with E-state index in [0.29, 0.717) is 18.3 Å². The molecule has 1 atom stereocenters. The van der Waals surface area contributed by atoms with Gasteiger partial charge in [0.1, 0.15) is 11.9 Å². The van der Waals surface area contributed by atoms with Crippen LogP contribution in [-0.4, -0.2) is 16.6 Å². The standard InChI is InChI=1S/C12H19N3OS/c1-4-16-10(7(2)3)12-14-9-6-17-5-8(9)11(13)15-12/h7,10H,4-6H2,1-3H3,(H2,13,14,15). The Morgan fingerprint density at radius 2 is 2.12 bits per heavy atom. The highest BCUT2D eigenvalue weighted by Crippen LogP contribution is 2.33. The van der Waals surface area contributed by atoms with E-state index in [2.05, 4.69) is 23.8 Å². The fourth-order valence-corrected chi connectivity index (χ4v) is 3.02. The van der Waals surface area contributed by atoms with Crippen LogP contribution in [0.5, 0.6) is 0 Å². The first kappa shape index (κ1) is 12.6. The zero-order valence-electron chi connectivity index (χ0n) is 10.6. The molecule has 94 valence electrons. The maximum atomic E-state index is 5.99. The Balaban J connectivity index is 2.34. The second-order valence-electron chi connectivity index (χ2n) is 4.51. The van der Waals surface area contributed by atoms with Crippen LogP contribution in [0, 0.1) is 5.92 Å². The molecule has 1 aliphatic heterocycles. The molecular weight excluding hydrogens is 234 g/mol. The van der Waals surface area contributed by atoms with Crippen molar-refractivity contribution in [2.75, 3.05) is 12.3 Å². The minimum absolute atomic E-state index is 0.0572. The molecule has 1 aliphatic rings. The van der Waals surface area contributed by atoms with Gasteiger partial charge in [0.05, 0.1) is 5.69 Å². The van der Waals surface area contributed by atoms with Crippen molar-refractivity contribution in [2.24, 2.45) is 5.92 Å². The normalized spacial score (nSPS) is 16.2. The van der Waals surface area contributed by atoms with Crippen LogP contribution in [0.15, 0.2) is 0 Å². The third-order valence-corrected chi connectivity index (χ3v) is 3.80. The van der Waals surface area contributed by atoms with E-state index in [1.807, 2.05) is 18.7 Å². The molecule has 4 nitrogen and oxygen atoms in total. The van der Waals surface area contributed by atoms with Gasteiger partial charge < -0.3 is 10.5 Å². The van der Waals surface area contributed by atoms with E-state index in [1.54, 1.807) is 0 Å². The molecule has 0 amide bonds. The molecule has 1 aromatic rings. The number of fused-ring (bicyclic) bond motifs is 1. The summed E-state index contributed by atoms with van der Waals surface area (Å²) in [6.07, 6.45) is -0.0572. The molecule has 0 saturated heterocycles. The number of aromatic nitrogens is 2. The topological polar surface area (TPSA) is 61.0 Å².